The zero-order chi connectivity index (χ0) is 18.6. The van der Waals surface area contributed by atoms with Crippen LogP contribution in [0.25, 0.3) is 11.4 Å². The molecule has 0 unspecified atom stereocenters. The smallest absolute Gasteiger partial charge is 0.191 e. The molecule has 0 atom stereocenters. The van der Waals surface area contributed by atoms with E-state index in [4.69, 9.17) is 0 Å². The number of nitrogens with one attached hydrogen (secondary N) is 1. The molecule has 136 valence electrons. The van der Waals surface area contributed by atoms with Crippen LogP contribution in [0, 0.1) is 6.92 Å². The highest BCUT2D eigenvalue weighted by Crippen LogP contribution is 2.27. The maximum absolute atomic E-state index is 4.65. The fraction of sp³-hybridized carbons (Fsp3) is 0.150. The highest BCUT2D eigenvalue weighted by molar-refractivity contribution is 7.98. The van der Waals surface area contributed by atoms with E-state index >= 15 is 0 Å². The van der Waals surface area contributed by atoms with E-state index in [1.54, 1.807) is 23.1 Å². The highest BCUT2D eigenvalue weighted by Gasteiger charge is 2.12. The van der Waals surface area contributed by atoms with Crippen molar-refractivity contribution in [2.75, 3.05) is 5.32 Å². The summed E-state index contributed by atoms with van der Waals surface area (Å²) in [6.07, 6.45) is 0. The third kappa shape index (κ3) is 4.20. The summed E-state index contributed by atoms with van der Waals surface area (Å²) >= 11 is 3.25. The second-order valence-electron chi connectivity index (χ2n) is 6.15. The second-order valence-corrected chi connectivity index (χ2v) is 7.96. The number of anilines is 2. The number of para-hydroxylation sites is 1. The standard InChI is InChI=1S/C20H19N5S2/c1-14-8-10-15(11-9-14)18-23-24-20(25(18)2)27-13-17-12-26-19(22-17)21-16-6-4-3-5-7-16/h3-12H,13H2,1-2H3,(H,21,22). The molecular formula is C20H19N5S2. The van der Waals surface area contributed by atoms with Crippen LogP contribution in [0.15, 0.2) is 65.1 Å². The lowest BCUT2D eigenvalue weighted by molar-refractivity contribution is 0.793. The normalized spacial score (nSPS) is 10.9. The van der Waals surface area contributed by atoms with Crippen LogP contribution in [0.2, 0.25) is 0 Å². The number of thioether (sulfide) groups is 1. The Hall–Kier alpha value is -2.64. The molecule has 1 N–H and O–H groups in total. The molecule has 0 aliphatic carbocycles. The Morgan fingerprint density at radius 2 is 1.81 bits per heavy atom. The molecule has 2 heterocycles. The van der Waals surface area contributed by atoms with Gasteiger partial charge in [0.1, 0.15) is 0 Å². The summed E-state index contributed by atoms with van der Waals surface area (Å²) in [6.45, 7) is 2.08. The van der Waals surface area contributed by atoms with Crippen LogP contribution in [-0.2, 0) is 12.8 Å². The third-order valence-electron chi connectivity index (χ3n) is 4.07. The Morgan fingerprint density at radius 3 is 2.59 bits per heavy atom. The van der Waals surface area contributed by atoms with Crippen molar-refractivity contribution >= 4 is 33.9 Å². The van der Waals surface area contributed by atoms with Crippen molar-refractivity contribution in [3.8, 4) is 11.4 Å². The minimum atomic E-state index is 0.757. The highest BCUT2D eigenvalue weighted by atomic mass is 32.2. The SMILES string of the molecule is Cc1ccc(-c2nnc(SCc3csc(Nc4ccccc4)n3)n2C)cc1. The average molecular weight is 394 g/mol. The van der Waals surface area contributed by atoms with Gasteiger partial charge in [0.2, 0.25) is 0 Å². The summed E-state index contributed by atoms with van der Waals surface area (Å²) in [7, 11) is 2.00. The van der Waals surface area contributed by atoms with Gasteiger partial charge in [-0.25, -0.2) is 4.98 Å². The predicted octanol–water partition coefficient (Wildman–Crippen LogP) is 5.28. The minimum absolute atomic E-state index is 0.757. The van der Waals surface area contributed by atoms with E-state index in [0.717, 1.165) is 38.8 Å². The maximum Gasteiger partial charge on any atom is 0.191 e. The molecule has 4 rings (SSSR count). The number of hydrogen-bond donors (Lipinski definition) is 1. The summed E-state index contributed by atoms with van der Waals surface area (Å²) in [4.78, 5) is 4.65. The summed E-state index contributed by atoms with van der Waals surface area (Å²) in [5.41, 5.74) is 4.38. The molecule has 0 radical (unpaired) electrons. The van der Waals surface area contributed by atoms with Crippen LogP contribution < -0.4 is 5.32 Å². The van der Waals surface area contributed by atoms with Gasteiger partial charge >= 0.3 is 0 Å². The molecule has 2 aromatic carbocycles. The van der Waals surface area contributed by atoms with Crippen molar-refractivity contribution < 1.29 is 0 Å². The number of thiazole rings is 1. The molecule has 0 saturated heterocycles. The van der Waals surface area contributed by atoms with Crippen molar-refractivity contribution in [3.63, 3.8) is 0 Å². The van der Waals surface area contributed by atoms with Crippen LogP contribution in [0.3, 0.4) is 0 Å². The van der Waals surface area contributed by atoms with Gasteiger partial charge in [-0.1, -0.05) is 59.8 Å². The number of aromatic nitrogens is 4. The maximum atomic E-state index is 4.65. The van der Waals surface area contributed by atoms with E-state index in [1.165, 1.54) is 5.56 Å². The molecule has 0 spiro atoms. The third-order valence-corrected chi connectivity index (χ3v) is 5.93. The quantitative estimate of drug-likeness (QED) is 0.452. The van der Waals surface area contributed by atoms with Crippen LogP contribution in [0.4, 0.5) is 10.8 Å². The summed E-state index contributed by atoms with van der Waals surface area (Å²) < 4.78 is 2.03. The first-order valence-electron chi connectivity index (χ1n) is 8.55. The lowest BCUT2D eigenvalue weighted by Gasteiger charge is -2.04. The zero-order valence-electron chi connectivity index (χ0n) is 15.1. The van der Waals surface area contributed by atoms with Crippen LogP contribution >= 0.6 is 23.1 Å². The monoisotopic (exact) mass is 393 g/mol. The molecule has 27 heavy (non-hydrogen) atoms. The molecule has 0 bridgehead atoms. The molecule has 0 aliphatic heterocycles. The molecule has 2 aromatic heterocycles. The van der Waals surface area contributed by atoms with Gasteiger partial charge in [-0.3, -0.25) is 0 Å². The Morgan fingerprint density at radius 1 is 1.04 bits per heavy atom. The van der Waals surface area contributed by atoms with Gasteiger partial charge in [0, 0.05) is 29.4 Å². The summed E-state index contributed by atoms with van der Waals surface area (Å²) in [5, 5.41) is 15.9. The first kappa shape index (κ1) is 17.8. The fourth-order valence-electron chi connectivity index (χ4n) is 2.61. The van der Waals surface area contributed by atoms with Crippen LogP contribution in [0.5, 0.6) is 0 Å². The first-order chi connectivity index (χ1) is 13.2. The zero-order valence-corrected chi connectivity index (χ0v) is 16.7. The average Bonchev–Trinajstić information content (AvgIpc) is 3.28. The van der Waals surface area contributed by atoms with Crippen molar-refractivity contribution in [1.82, 2.24) is 19.7 Å². The van der Waals surface area contributed by atoms with E-state index in [1.807, 2.05) is 41.9 Å². The van der Waals surface area contributed by atoms with Gasteiger partial charge in [0.15, 0.2) is 16.1 Å². The van der Waals surface area contributed by atoms with Gasteiger partial charge in [-0.2, -0.15) is 0 Å². The number of benzene rings is 2. The molecule has 0 fully saturated rings. The van der Waals surface area contributed by atoms with E-state index in [2.05, 4.69) is 57.1 Å². The topological polar surface area (TPSA) is 55.6 Å². The van der Waals surface area contributed by atoms with Crippen molar-refractivity contribution in [2.24, 2.45) is 7.05 Å². The van der Waals surface area contributed by atoms with Crippen molar-refractivity contribution in [3.05, 3.63) is 71.2 Å². The van der Waals surface area contributed by atoms with Gasteiger partial charge in [0.05, 0.1) is 5.69 Å². The van der Waals surface area contributed by atoms with E-state index in [0.29, 0.717) is 0 Å². The van der Waals surface area contributed by atoms with Gasteiger partial charge < -0.3 is 9.88 Å². The number of aryl methyl sites for hydroxylation is 1. The number of nitrogens with zero attached hydrogens (tertiary/aromatic N) is 4. The first-order valence-corrected chi connectivity index (χ1v) is 10.4. The van der Waals surface area contributed by atoms with E-state index < -0.39 is 0 Å². The Kier molecular flexibility index (Phi) is 5.22. The van der Waals surface area contributed by atoms with Crippen LogP contribution in [-0.4, -0.2) is 19.7 Å². The van der Waals surface area contributed by atoms with Gasteiger partial charge in [0.25, 0.3) is 0 Å². The van der Waals surface area contributed by atoms with E-state index in [-0.39, 0.29) is 0 Å². The number of rotatable bonds is 6. The molecule has 0 aliphatic rings. The molecular weight excluding hydrogens is 374 g/mol. The fourth-order valence-corrected chi connectivity index (χ4v) is 4.25. The molecule has 4 aromatic rings. The van der Waals surface area contributed by atoms with Crippen molar-refractivity contribution in [1.29, 1.82) is 0 Å². The Balaban J connectivity index is 1.41. The van der Waals surface area contributed by atoms with Gasteiger partial charge in [-0.15, -0.1) is 21.5 Å². The minimum Gasteiger partial charge on any atom is -0.332 e. The summed E-state index contributed by atoms with van der Waals surface area (Å²) in [6, 6.07) is 18.4. The molecule has 5 nitrogen and oxygen atoms in total. The summed E-state index contributed by atoms with van der Waals surface area (Å²) in [5.74, 6) is 1.63. The van der Waals surface area contributed by atoms with Crippen LogP contribution in [0.1, 0.15) is 11.3 Å². The largest absolute Gasteiger partial charge is 0.332 e. The Bertz CT molecular complexity index is 1020. The molecule has 7 heteroatoms. The van der Waals surface area contributed by atoms with E-state index in [9.17, 15) is 0 Å². The lowest BCUT2D eigenvalue weighted by atomic mass is 10.1. The lowest BCUT2D eigenvalue weighted by Crippen LogP contribution is -1.95. The number of hydrogen-bond acceptors (Lipinski definition) is 6. The second kappa shape index (κ2) is 7.94. The Labute approximate surface area is 166 Å². The molecule has 0 saturated carbocycles. The predicted molar refractivity (Wildman–Crippen MR) is 113 cm³/mol. The molecule has 0 amide bonds. The van der Waals surface area contributed by atoms with Gasteiger partial charge in [-0.05, 0) is 19.1 Å². The van der Waals surface area contributed by atoms with Crippen molar-refractivity contribution in [2.45, 2.75) is 17.8 Å².